The van der Waals surface area contributed by atoms with Crippen molar-refractivity contribution in [1.29, 1.82) is 0 Å². The van der Waals surface area contributed by atoms with Gasteiger partial charge in [-0.3, -0.25) is 9.52 Å². The molecule has 0 spiro atoms. The van der Waals surface area contributed by atoms with Crippen molar-refractivity contribution in [3.05, 3.63) is 109 Å². The van der Waals surface area contributed by atoms with Gasteiger partial charge in [0.25, 0.3) is 15.9 Å². The van der Waals surface area contributed by atoms with Crippen LogP contribution in [0.25, 0.3) is 16.9 Å². The van der Waals surface area contributed by atoms with Gasteiger partial charge in [0.05, 0.1) is 22.5 Å². The van der Waals surface area contributed by atoms with Gasteiger partial charge in [0.1, 0.15) is 5.56 Å². The minimum absolute atomic E-state index is 0.149. The van der Waals surface area contributed by atoms with E-state index in [1.807, 2.05) is 36.4 Å². The van der Waals surface area contributed by atoms with E-state index in [0.717, 1.165) is 11.3 Å². The lowest BCUT2D eigenvalue weighted by atomic mass is 10.1. The van der Waals surface area contributed by atoms with Gasteiger partial charge >= 0.3 is 0 Å². The molecule has 34 heavy (non-hydrogen) atoms. The van der Waals surface area contributed by atoms with Crippen LogP contribution in [0.5, 0.6) is 0 Å². The van der Waals surface area contributed by atoms with Crippen LogP contribution < -0.4 is 10.0 Å². The summed E-state index contributed by atoms with van der Waals surface area (Å²) in [5.74, 6) is -0.407. The number of rotatable bonds is 6. The van der Waals surface area contributed by atoms with E-state index in [1.54, 1.807) is 53.2 Å². The molecule has 2 aromatic heterocycles. The predicted octanol–water partition coefficient (Wildman–Crippen LogP) is 4.45. The first kappa shape index (κ1) is 21.4. The van der Waals surface area contributed by atoms with Crippen LogP contribution >= 0.6 is 0 Å². The van der Waals surface area contributed by atoms with Gasteiger partial charge in [0.2, 0.25) is 0 Å². The molecule has 8 nitrogen and oxygen atoms in total. The van der Waals surface area contributed by atoms with Crippen molar-refractivity contribution in [2.24, 2.45) is 0 Å². The third-order valence-electron chi connectivity index (χ3n) is 5.14. The Bertz CT molecular complexity index is 1580. The number of benzene rings is 3. The van der Waals surface area contributed by atoms with Crippen molar-refractivity contribution in [3.8, 4) is 11.3 Å². The second kappa shape index (κ2) is 8.80. The molecule has 0 aliphatic heterocycles. The van der Waals surface area contributed by atoms with Gasteiger partial charge in [0, 0.05) is 17.4 Å². The smallest absolute Gasteiger partial charge is 0.261 e. The SMILES string of the molecule is O=C(Nc1cccc(NS(=O)(=O)c2ccccc2)c1)c1cnn2c(-c3ccccc3)ccnc12. The summed E-state index contributed by atoms with van der Waals surface area (Å²) in [6, 6.07) is 26.1. The topological polar surface area (TPSA) is 105 Å². The fraction of sp³-hybridized carbons (Fsp3) is 0. The Morgan fingerprint density at radius 1 is 0.824 bits per heavy atom. The van der Waals surface area contributed by atoms with Crippen LogP contribution in [0.15, 0.2) is 108 Å². The van der Waals surface area contributed by atoms with E-state index in [4.69, 9.17) is 0 Å². The Hall–Kier alpha value is -4.50. The second-order valence-corrected chi connectivity index (χ2v) is 9.13. The summed E-state index contributed by atoms with van der Waals surface area (Å²) in [5, 5.41) is 7.15. The van der Waals surface area contributed by atoms with Crippen LogP contribution in [0.1, 0.15) is 10.4 Å². The quantitative estimate of drug-likeness (QED) is 0.382. The van der Waals surface area contributed by atoms with E-state index < -0.39 is 15.9 Å². The van der Waals surface area contributed by atoms with Gasteiger partial charge in [-0.05, 0) is 36.4 Å². The molecule has 0 bridgehead atoms. The lowest BCUT2D eigenvalue weighted by Gasteiger charge is -2.10. The number of hydrogen-bond donors (Lipinski definition) is 2. The largest absolute Gasteiger partial charge is 0.322 e. The summed E-state index contributed by atoms with van der Waals surface area (Å²) in [4.78, 5) is 17.5. The standard InChI is InChI=1S/C25H19N5O3S/c31-25(22-17-27-30-23(14-15-26-24(22)30)18-8-3-1-4-9-18)28-19-10-7-11-20(16-19)29-34(32,33)21-12-5-2-6-13-21/h1-17,29H,(H,28,31). The number of aromatic nitrogens is 3. The molecule has 0 atom stereocenters. The molecule has 0 aliphatic rings. The molecule has 3 aromatic carbocycles. The summed E-state index contributed by atoms with van der Waals surface area (Å²) in [6.45, 7) is 0. The van der Waals surface area contributed by atoms with Gasteiger partial charge < -0.3 is 5.32 Å². The van der Waals surface area contributed by atoms with Crippen LogP contribution in [0.3, 0.4) is 0 Å². The van der Waals surface area contributed by atoms with E-state index >= 15 is 0 Å². The van der Waals surface area contributed by atoms with E-state index in [9.17, 15) is 13.2 Å². The van der Waals surface area contributed by atoms with Gasteiger partial charge in [-0.25, -0.2) is 17.9 Å². The third-order valence-corrected chi connectivity index (χ3v) is 6.54. The van der Waals surface area contributed by atoms with Crippen LogP contribution in [0, 0.1) is 0 Å². The summed E-state index contributed by atoms with van der Waals surface area (Å²) < 4.78 is 29.3. The van der Waals surface area contributed by atoms with Crippen molar-refractivity contribution in [3.63, 3.8) is 0 Å². The average molecular weight is 470 g/mol. The number of hydrogen-bond acceptors (Lipinski definition) is 5. The molecule has 0 saturated carbocycles. The zero-order chi connectivity index (χ0) is 23.5. The van der Waals surface area contributed by atoms with E-state index in [0.29, 0.717) is 22.6 Å². The van der Waals surface area contributed by atoms with Crippen molar-refractivity contribution in [2.45, 2.75) is 4.90 Å². The molecule has 5 aromatic rings. The summed E-state index contributed by atoms with van der Waals surface area (Å²) in [7, 11) is -3.75. The highest BCUT2D eigenvalue weighted by atomic mass is 32.2. The lowest BCUT2D eigenvalue weighted by Crippen LogP contribution is -2.14. The highest BCUT2D eigenvalue weighted by Crippen LogP contribution is 2.23. The Kier molecular flexibility index (Phi) is 5.52. The minimum atomic E-state index is -3.75. The fourth-order valence-corrected chi connectivity index (χ4v) is 4.62. The monoisotopic (exact) mass is 469 g/mol. The van der Waals surface area contributed by atoms with E-state index in [1.165, 1.54) is 18.3 Å². The maximum absolute atomic E-state index is 13.0. The molecule has 0 fully saturated rings. The van der Waals surface area contributed by atoms with Crippen LogP contribution in [0.4, 0.5) is 11.4 Å². The number of nitrogens with one attached hydrogen (secondary N) is 2. The minimum Gasteiger partial charge on any atom is -0.322 e. The summed E-state index contributed by atoms with van der Waals surface area (Å²) in [5.41, 5.74) is 3.22. The zero-order valence-corrected chi connectivity index (χ0v) is 18.6. The number of amides is 1. The maximum Gasteiger partial charge on any atom is 0.261 e. The number of fused-ring (bicyclic) bond motifs is 1. The molecular formula is C25H19N5O3S. The number of sulfonamides is 1. The summed E-state index contributed by atoms with van der Waals surface area (Å²) >= 11 is 0. The van der Waals surface area contributed by atoms with Gasteiger partial charge in [-0.15, -0.1) is 0 Å². The highest BCUT2D eigenvalue weighted by molar-refractivity contribution is 7.92. The highest BCUT2D eigenvalue weighted by Gasteiger charge is 2.17. The number of nitrogens with zero attached hydrogens (tertiary/aromatic N) is 3. The zero-order valence-electron chi connectivity index (χ0n) is 17.8. The van der Waals surface area contributed by atoms with Crippen molar-refractivity contribution in [1.82, 2.24) is 14.6 Å². The van der Waals surface area contributed by atoms with Crippen LogP contribution in [-0.2, 0) is 10.0 Å². The van der Waals surface area contributed by atoms with Gasteiger partial charge in [-0.2, -0.15) is 5.10 Å². The average Bonchev–Trinajstić information content (AvgIpc) is 3.30. The Morgan fingerprint density at radius 2 is 1.53 bits per heavy atom. The van der Waals surface area contributed by atoms with Crippen molar-refractivity contribution >= 4 is 33.0 Å². The fourth-order valence-electron chi connectivity index (χ4n) is 3.55. The number of carbonyl (C=O) groups excluding carboxylic acids is 1. The Labute approximate surface area is 196 Å². The van der Waals surface area contributed by atoms with Crippen LogP contribution in [-0.4, -0.2) is 28.9 Å². The third kappa shape index (κ3) is 4.24. The molecule has 5 rings (SSSR count). The molecular weight excluding hydrogens is 450 g/mol. The lowest BCUT2D eigenvalue weighted by molar-refractivity contribution is 0.102. The first-order valence-electron chi connectivity index (χ1n) is 10.4. The number of carbonyl (C=O) groups is 1. The van der Waals surface area contributed by atoms with Crippen molar-refractivity contribution < 1.29 is 13.2 Å². The number of anilines is 2. The van der Waals surface area contributed by atoms with E-state index in [-0.39, 0.29) is 4.90 Å². The normalized spacial score (nSPS) is 11.3. The molecule has 168 valence electrons. The summed E-state index contributed by atoms with van der Waals surface area (Å²) in [6.07, 6.45) is 3.10. The molecule has 0 aliphatic carbocycles. The molecule has 1 amide bonds. The molecule has 0 unspecified atom stereocenters. The van der Waals surface area contributed by atoms with E-state index in [2.05, 4.69) is 20.1 Å². The first-order chi connectivity index (χ1) is 16.5. The molecule has 0 radical (unpaired) electrons. The van der Waals surface area contributed by atoms with Crippen molar-refractivity contribution in [2.75, 3.05) is 10.0 Å². The van der Waals surface area contributed by atoms with Gasteiger partial charge in [0.15, 0.2) is 5.65 Å². The molecule has 9 heteroatoms. The predicted molar refractivity (Wildman–Crippen MR) is 130 cm³/mol. The Balaban J connectivity index is 1.39. The first-order valence-corrected chi connectivity index (χ1v) is 11.9. The maximum atomic E-state index is 13.0. The second-order valence-electron chi connectivity index (χ2n) is 7.44. The molecule has 0 saturated heterocycles. The molecule has 2 N–H and O–H groups in total. The molecule has 2 heterocycles. The van der Waals surface area contributed by atoms with Crippen LogP contribution in [0.2, 0.25) is 0 Å². The Morgan fingerprint density at radius 3 is 2.29 bits per heavy atom. The van der Waals surface area contributed by atoms with Gasteiger partial charge in [-0.1, -0.05) is 54.6 Å².